The lowest BCUT2D eigenvalue weighted by molar-refractivity contribution is -0.127. The first kappa shape index (κ1) is 19.2. The minimum absolute atomic E-state index is 0.0453. The molecule has 2 aliphatic rings. The Bertz CT molecular complexity index is 581. The molecule has 3 rings (SSSR count). The van der Waals surface area contributed by atoms with E-state index in [1.165, 1.54) is 56.1 Å². The molecule has 0 spiro atoms. The van der Waals surface area contributed by atoms with Gasteiger partial charge in [0.1, 0.15) is 5.75 Å². The van der Waals surface area contributed by atoms with Crippen molar-refractivity contribution in [2.75, 3.05) is 13.2 Å². The molecule has 1 fully saturated rings. The molecular weight excluding hydrogens is 326 g/mol. The van der Waals surface area contributed by atoms with Gasteiger partial charge in [0.05, 0.1) is 6.10 Å². The number of rotatable bonds is 8. The molecule has 0 aromatic heterocycles. The van der Waals surface area contributed by atoms with E-state index in [0.717, 1.165) is 31.6 Å². The van der Waals surface area contributed by atoms with Crippen LogP contribution >= 0.6 is 0 Å². The van der Waals surface area contributed by atoms with Gasteiger partial charge in [-0.3, -0.25) is 4.79 Å². The molecule has 1 N–H and O–H groups in total. The van der Waals surface area contributed by atoms with Gasteiger partial charge >= 0.3 is 0 Å². The number of carbonyl (C=O) groups excluding carboxylic acids is 1. The number of aryl methyl sites for hydroxylation is 1. The van der Waals surface area contributed by atoms with E-state index in [9.17, 15) is 4.79 Å². The van der Waals surface area contributed by atoms with Crippen molar-refractivity contribution in [2.24, 2.45) is 0 Å². The van der Waals surface area contributed by atoms with E-state index in [4.69, 9.17) is 9.47 Å². The second-order valence-corrected chi connectivity index (χ2v) is 7.64. The predicted octanol–water partition coefficient (Wildman–Crippen LogP) is 4.19. The van der Waals surface area contributed by atoms with E-state index in [0.29, 0.717) is 12.6 Å². The van der Waals surface area contributed by atoms with Gasteiger partial charge in [0, 0.05) is 13.2 Å². The molecule has 4 heteroatoms. The van der Waals surface area contributed by atoms with Gasteiger partial charge in [0.2, 0.25) is 0 Å². The highest BCUT2D eigenvalue weighted by molar-refractivity contribution is 5.80. The molecule has 2 aliphatic carbocycles. The van der Waals surface area contributed by atoms with E-state index in [-0.39, 0.29) is 5.91 Å². The standard InChI is InChI=1S/C22H33NO3/c1-17(26-21-14-7-10-18-9-5-6-13-20(18)21)22(24)23-15-8-16-25-19-11-3-2-4-12-19/h7,10,14,17,19H,2-6,8-9,11-13,15-16H2,1H3,(H,23,24)/t17-/m1/s1. The van der Waals surface area contributed by atoms with Crippen molar-refractivity contribution in [3.63, 3.8) is 0 Å². The lowest BCUT2D eigenvalue weighted by Gasteiger charge is -2.22. The van der Waals surface area contributed by atoms with Crippen molar-refractivity contribution >= 4 is 5.91 Å². The van der Waals surface area contributed by atoms with Crippen LogP contribution in [0, 0.1) is 0 Å². The lowest BCUT2D eigenvalue weighted by atomic mass is 9.91. The van der Waals surface area contributed by atoms with Crippen LogP contribution in [0.15, 0.2) is 18.2 Å². The summed E-state index contributed by atoms with van der Waals surface area (Å²) in [6, 6.07) is 6.21. The van der Waals surface area contributed by atoms with E-state index in [1.54, 1.807) is 0 Å². The van der Waals surface area contributed by atoms with Crippen LogP contribution in [0.1, 0.15) is 69.4 Å². The highest BCUT2D eigenvalue weighted by Crippen LogP contribution is 2.30. The summed E-state index contributed by atoms with van der Waals surface area (Å²) in [5.74, 6) is 0.835. The Morgan fingerprint density at radius 2 is 1.96 bits per heavy atom. The molecule has 1 aromatic rings. The third-order valence-electron chi connectivity index (χ3n) is 5.55. The first-order valence-electron chi connectivity index (χ1n) is 10.4. The van der Waals surface area contributed by atoms with Crippen molar-refractivity contribution < 1.29 is 14.3 Å². The quantitative estimate of drug-likeness (QED) is 0.708. The molecule has 144 valence electrons. The molecule has 0 heterocycles. The lowest BCUT2D eigenvalue weighted by Crippen LogP contribution is -2.37. The van der Waals surface area contributed by atoms with Crippen LogP contribution in [0.4, 0.5) is 0 Å². The molecule has 0 bridgehead atoms. The minimum Gasteiger partial charge on any atom is -0.481 e. The normalized spacial score (nSPS) is 18.8. The van der Waals surface area contributed by atoms with Crippen molar-refractivity contribution in [3.8, 4) is 5.75 Å². The maximum absolute atomic E-state index is 12.3. The van der Waals surface area contributed by atoms with E-state index < -0.39 is 6.10 Å². The number of fused-ring (bicyclic) bond motifs is 1. The summed E-state index contributed by atoms with van der Waals surface area (Å²) in [4.78, 5) is 12.3. The smallest absolute Gasteiger partial charge is 0.260 e. The zero-order chi connectivity index (χ0) is 18.2. The van der Waals surface area contributed by atoms with Crippen LogP contribution in [0.2, 0.25) is 0 Å². The molecule has 0 radical (unpaired) electrons. The average molecular weight is 360 g/mol. The summed E-state index contributed by atoms with van der Waals surface area (Å²) in [6.45, 7) is 3.20. The Kier molecular flexibility index (Phi) is 7.36. The second-order valence-electron chi connectivity index (χ2n) is 7.64. The Hall–Kier alpha value is -1.55. The first-order chi connectivity index (χ1) is 12.7. The van der Waals surface area contributed by atoms with Crippen molar-refractivity contribution in [3.05, 3.63) is 29.3 Å². The largest absolute Gasteiger partial charge is 0.481 e. The molecule has 0 unspecified atom stereocenters. The average Bonchev–Trinajstić information content (AvgIpc) is 2.68. The van der Waals surface area contributed by atoms with Crippen LogP contribution in [0.5, 0.6) is 5.75 Å². The van der Waals surface area contributed by atoms with Crippen LogP contribution in [-0.2, 0) is 22.4 Å². The maximum Gasteiger partial charge on any atom is 0.260 e. The molecular formula is C22H33NO3. The van der Waals surface area contributed by atoms with Gasteiger partial charge in [-0.25, -0.2) is 0 Å². The number of carbonyl (C=O) groups is 1. The number of ether oxygens (including phenoxy) is 2. The number of hydrogen-bond acceptors (Lipinski definition) is 3. The van der Waals surface area contributed by atoms with Gasteiger partial charge in [-0.2, -0.15) is 0 Å². The fraction of sp³-hybridized carbons (Fsp3) is 0.682. The maximum atomic E-state index is 12.3. The molecule has 4 nitrogen and oxygen atoms in total. The van der Waals surface area contributed by atoms with E-state index in [1.807, 2.05) is 19.1 Å². The van der Waals surface area contributed by atoms with Crippen LogP contribution in [0.3, 0.4) is 0 Å². The summed E-state index contributed by atoms with van der Waals surface area (Å²) in [5, 5.41) is 2.98. The zero-order valence-electron chi connectivity index (χ0n) is 16.1. The van der Waals surface area contributed by atoms with E-state index in [2.05, 4.69) is 11.4 Å². The van der Waals surface area contributed by atoms with Gasteiger partial charge in [-0.15, -0.1) is 0 Å². The summed E-state index contributed by atoms with van der Waals surface area (Å²) in [6.07, 6.45) is 11.8. The Labute approximate surface area is 157 Å². The van der Waals surface area contributed by atoms with Gasteiger partial charge in [-0.05, 0) is 69.1 Å². The van der Waals surface area contributed by atoms with Crippen molar-refractivity contribution in [1.29, 1.82) is 0 Å². The third-order valence-corrected chi connectivity index (χ3v) is 5.55. The third kappa shape index (κ3) is 5.47. The molecule has 1 aromatic carbocycles. The zero-order valence-corrected chi connectivity index (χ0v) is 16.1. The highest BCUT2D eigenvalue weighted by atomic mass is 16.5. The van der Waals surface area contributed by atoms with Gasteiger partial charge < -0.3 is 14.8 Å². The molecule has 0 saturated heterocycles. The van der Waals surface area contributed by atoms with Gasteiger partial charge in [0.25, 0.3) is 5.91 Å². The number of nitrogens with one attached hydrogen (secondary N) is 1. The SMILES string of the molecule is C[C@@H](Oc1cccc2c1CCCC2)C(=O)NCCCOC1CCCCC1. The molecule has 1 amide bonds. The molecule has 26 heavy (non-hydrogen) atoms. The van der Waals surface area contributed by atoms with Crippen molar-refractivity contribution in [1.82, 2.24) is 5.32 Å². The predicted molar refractivity (Wildman–Crippen MR) is 104 cm³/mol. The number of amides is 1. The molecule has 0 aliphatic heterocycles. The van der Waals surface area contributed by atoms with Crippen molar-refractivity contribution in [2.45, 2.75) is 83.3 Å². The summed E-state index contributed by atoms with van der Waals surface area (Å²) < 4.78 is 11.9. The van der Waals surface area contributed by atoms with Crippen LogP contribution in [0.25, 0.3) is 0 Å². The molecule has 1 saturated carbocycles. The minimum atomic E-state index is -0.470. The Morgan fingerprint density at radius 1 is 1.15 bits per heavy atom. The summed E-state index contributed by atoms with van der Waals surface area (Å²) >= 11 is 0. The first-order valence-corrected chi connectivity index (χ1v) is 10.4. The monoisotopic (exact) mass is 359 g/mol. The second kappa shape index (κ2) is 9.96. The Balaban J connectivity index is 1.37. The van der Waals surface area contributed by atoms with E-state index >= 15 is 0 Å². The fourth-order valence-corrected chi connectivity index (χ4v) is 4.01. The van der Waals surface area contributed by atoms with Gasteiger partial charge in [-0.1, -0.05) is 31.4 Å². The summed E-state index contributed by atoms with van der Waals surface area (Å²) in [7, 11) is 0. The fourth-order valence-electron chi connectivity index (χ4n) is 4.01. The van der Waals surface area contributed by atoms with Crippen LogP contribution in [-0.4, -0.2) is 31.3 Å². The highest BCUT2D eigenvalue weighted by Gasteiger charge is 2.19. The molecule has 1 atom stereocenters. The number of benzene rings is 1. The summed E-state index contributed by atoms with van der Waals surface area (Å²) in [5.41, 5.74) is 2.67. The van der Waals surface area contributed by atoms with Crippen LogP contribution < -0.4 is 10.1 Å². The van der Waals surface area contributed by atoms with Gasteiger partial charge in [0.15, 0.2) is 6.10 Å². The Morgan fingerprint density at radius 3 is 2.81 bits per heavy atom. The topological polar surface area (TPSA) is 47.6 Å². The number of hydrogen-bond donors (Lipinski definition) is 1.